The number of nitro groups is 1. The molecule has 0 fully saturated rings. The van der Waals surface area contributed by atoms with Crippen molar-refractivity contribution in [3.63, 3.8) is 0 Å². The lowest BCUT2D eigenvalue weighted by atomic mass is 10.2. The molecule has 24 heavy (non-hydrogen) atoms. The summed E-state index contributed by atoms with van der Waals surface area (Å²) in [5.41, 5.74) is 1.69. The van der Waals surface area contributed by atoms with Crippen LogP contribution in [0.4, 0.5) is 5.69 Å². The fourth-order valence-corrected chi connectivity index (χ4v) is 3.13. The average Bonchev–Trinajstić information content (AvgIpc) is 3.09. The number of hydrogen-bond acceptors (Lipinski definition) is 7. The molecule has 6 nitrogen and oxygen atoms in total. The molecule has 0 spiro atoms. The zero-order chi connectivity index (χ0) is 16.9. The summed E-state index contributed by atoms with van der Waals surface area (Å²) in [6, 6.07) is 14.4. The molecule has 0 aliphatic carbocycles. The van der Waals surface area contributed by atoms with Crippen molar-refractivity contribution in [2.75, 3.05) is 6.26 Å². The lowest BCUT2D eigenvalue weighted by Gasteiger charge is -2.00. The van der Waals surface area contributed by atoms with E-state index in [2.05, 4.69) is 34.5 Å². The Morgan fingerprint density at radius 3 is 2.67 bits per heavy atom. The number of rotatable bonds is 6. The zero-order valence-electron chi connectivity index (χ0n) is 12.7. The van der Waals surface area contributed by atoms with E-state index in [0.717, 1.165) is 5.56 Å². The Hall–Kier alpha value is -2.32. The van der Waals surface area contributed by atoms with E-state index in [1.807, 2.05) is 6.26 Å². The molecule has 0 aliphatic heterocycles. The van der Waals surface area contributed by atoms with E-state index in [4.69, 9.17) is 4.42 Å². The summed E-state index contributed by atoms with van der Waals surface area (Å²) < 4.78 is 5.59. The van der Waals surface area contributed by atoms with Crippen molar-refractivity contribution in [1.29, 1.82) is 0 Å². The summed E-state index contributed by atoms with van der Waals surface area (Å²) >= 11 is 3.13. The van der Waals surface area contributed by atoms with Crippen LogP contribution in [0.5, 0.6) is 0 Å². The van der Waals surface area contributed by atoms with Crippen molar-refractivity contribution in [1.82, 2.24) is 10.2 Å². The number of aromatic nitrogens is 2. The second kappa shape index (κ2) is 7.50. The van der Waals surface area contributed by atoms with Crippen molar-refractivity contribution in [2.24, 2.45) is 0 Å². The summed E-state index contributed by atoms with van der Waals surface area (Å²) in [6.07, 6.45) is 2.04. The first-order chi connectivity index (χ1) is 11.7. The van der Waals surface area contributed by atoms with E-state index in [-0.39, 0.29) is 11.6 Å². The van der Waals surface area contributed by atoms with Gasteiger partial charge >= 0.3 is 0 Å². The molecule has 1 aromatic heterocycles. The molecule has 3 aromatic rings. The monoisotopic (exact) mass is 359 g/mol. The molecule has 0 atom stereocenters. The molecular weight excluding hydrogens is 346 g/mol. The number of nitro benzene ring substituents is 1. The minimum absolute atomic E-state index is 0.00575. The van der Waals surface area contributed by atoms with Crippen molar-refractivity contribution < 1.29 is 9.34 Å². The smallest absolute Gasteiger partial charge is 0.277 e. The highest BCUT2D eigenvalue weighted by atomic mass is 32.2. The van der Waals surface area contributed by atoms with Crippen molar-refractivity contribution in [2.45, 2.75) is 15.9 Å². The molecule has 0 bridgehead atoms. The van der Waals surface area contributed by atoms with E-state index in [1.54, 1.807) is 23.9 Å². The van der Waals surface area contributed by atoms with Crippen LogP contribution < -0.4 is 0 Å². The molecule has 0 amide bonds. The largest absolute Gasteiger partial charge is 0.411 e. The number of nitrogens with zero attached hydrogens (tertiary/aromatic N) is 3. The van der Waals surface area contributed by atoms with Gasteiger partial charge in [-0.25, -0.2) is 0 Å². The highest BCUT2D eigenvalue weighted by Gasteiger charge is 2.13. The number of thioether (sulfide) groups is 2. The Kier molecular flexibility index (Phi) is 5.17. The van der Waals surface area contributed by atoms with Gasteiger partial charge < -0.3 is 4.42 Å². The van der Waals surface area contributed by atoms with Crippen LogP contribution >= 0.6 is 23.5 Å². The average molecular weight is 359 g/mol. The highest BCUT2D eigenvalue weighted by Crippen LogP contribution is 2.28. The maximum Gasteiger partial charge on any atom is 0.277 e. The van der Waals surface area contributed by atoms with E-state index >= 15 is 0 Å². The lowest BCUT2D eigenvalue weighted by Crippen LogP contribution is -1.88. The van der Waals surface area contributed by atoms with Gasteiger partial charge in [-0.1, -0.05) is 30.0 Å². The van der Waals surface area contributed by atoms with Crippen LogP contribution in [-0.2, 0) is 5.75 Å². The van der Waals surface area contributed by atoms with Gasteiger partial charge in [0.2, 0.25) is 5.89 Å². The summed E-state index contributed by atoms with van der Waals surface area (Å²) in [6.45, 7) is 0. The molecule has 2 aromatic carbocycles. The fraction of sp³-hybridized carbons (Fsp3) is 0.125. The molecular formula is C16H13N3O3S2. The van der Waals surface area contributed by atoms with Crippen molar-refractivity contribution in [3.8, 4) is 11.5 Å². The SMILES string of the molecule is CSc1ccc(CSc2nnc(-c3cccc([N+](=O)[O-])c3)o2)cc1. The molecule has 8 heteroatoms. The van der Waals surface area contributed by atoms with Gasteiger partial charge in [0.1, 0.15) is 0 Å². The number of hydrogen-bond donors (Lipinski definition) is 0. The van der Waals surface area contributed by atoms with Gasteiger partial charge in [0.15, 0.2) is 0 Å². The van der Waals surface area contributed by atoms with Gasteiger partial charge in [0.05, 0.1) is 4.92 Å². The van der Waals surface area contributed by atoms with Gasteiger partial charge in [0.25, 0.3) is 10.9 Å². The number of non-ortho nitro benzene ring substituents is 1. The molecule has 0 aliphatic rings. The van der Waals surface area contributed by atoms with Crippen LogP contribution in [0.1, 0.15) is 5.56 Å². The summed E-state index contributed by atoms with van der Waals surface area (Å²) in [4.78, 5) is 11.6. The molecule has 1 heterocycles. The van der Waals surface area contributed by atoms with Gasteiger partial charge in [-0.15, -0.1) is 22.0 Å². The lowest BCUT2D eigenvalue weighted by molar-refractivity contribution is -0.384. The van der Waals surface area contributed by atoms with E-state index < -0.39 is 4.92 Å². The van der Waals surface area contributed by atoms with Gasteiger partial charge in [0, 0.05) is 28.3 Å². The third-order valence-corrected chi connectivity index (χ3v) is 4.86. The van der Waals surface area contributed by atoms with E-state index in [0.29, 0.717) is 16.5 Å². The predicted octanol–water partition coefficient (Wildman–Crippen LogP) is 4.66. The maximum atomic E-state index is 10.8. The third kappa shape index (κ3) is 3.95. The van der Waals surface area contributed by atoms with Gasteiger partial charge in [-0.2, -0.15) is 0 Å². The van der Waals surface area contributed by atoms with E-state index in [1.165, 1.54) is 28.8 Å². The Balaban J connectivity index is 1.69. The van der Waals surface area contributed by atoms with Gasteiger partial charge in [-0.05, 0) is 30.0 Å². The first-order valence-corrected chi connectivity index (χ1v) is 9.21. The molecule has 122 valence electrons. The normalized spacial score (nSPS) is 10.7. The topological polar surface area (TPSA) is 82.1 Å². The van der Waals surface area contributed by atoms with E-state index in [9.17, 15) is 10.1 Å². The standard InChI is InChI=1S/C16H13N3O3S2/c1-23-14-7-5-11(6-8-14)10-24-16-18-17-15(22-16)12-3-2-4-13(9-12)19(20)21/h2-9H,10H2,1H3. The minimum atomic E-state index is -0.451. The van der Waals surface area contributed by atoms with Crippen LogP contribution in [-0.4, -0.2) is 21.4 Å². The number of benzene rings is 2. The Bertz CT molecular complexity index is 850. The first-order valence-electron chi connectivity index (χ1n) is 7.00. The molecule has 0 N–H and O–H groups in total. The van der Waals surface area contributed by atoms with Crippen molar-refractivity contribution >= 4 is 29.2 Å². The van der Waals surface area contributed by atoms with Crippen LogP contribution in [0.2, 0.25) is 0 Å². The predicted molar refractivity (Wildman–Crippen MR) is 94.2 cm³/mol. The summed E-state index contributed by atoms with van der Waals surface area (Å²) in [5.74, 6) is 0.990. The Morgan fingerprint density at radius 2 is 1.96 bits per heavy atom. The molecule has 0 saturated carbocycles. The Labute approximate surface area is 146 Å². The molecule has 0 unspecified atom stereocenters. The molecule has 0 saturated heterocycles. The summed E-state index contributed by atoms with van der Waals surface area (Å²) in [5, 5.41) is 19.2. The van der Waals surface area contributed by atoms with Crippen LogP contribution in [0.25, 0.3) is 11.5 Å². The zero-order valence-corrected chi connectivity index (χ0v) is 14.3. The quantitative estimate of drug-likeness (QED) is 0.359. The minimum Gasteiger partial charge on any atom is -0.411 e. The Morgan fingerprint density at radius 1 is 1.17 bits per heavy atom. The molecule has 0 radical (unpaired) electrons. The second-order valence-corrected chi connectivity index (χ2v) is 6.62. The molecule has 3 rings (SSSR count). The fourth-order valence-electron chi connectivity index (χ4n) is 2.00. The third-order valence-electron chi connectivity index (χ3n) is 3.23. The summed E-state index contributed by atoms with van der Waals surface area (Å²) in [7, 11) is 0. The van der Waals surface area contributed by atoms with Crippen molar-refractivity contribution in [3.05, 3.63) is 64.2 Å². The van der Waals surface area contributed by atoms with Crippen LogP contribution in [0, 0.1) is 10.1 Å². The second-order valence-electron chi connectivity index (χ2n) is 4.82. The highest BCUT2D eigenvalue weighted by molar-refractivity contribution is 7.98. The van der Waals surface area contributed by atoms with Crippen LogP contribution in [0.3, 0.4) is 0 Å². The van der Waals surface area contributed by atoms with Gasteiger partial charge in [-0.3, -0.25) is 10.1 Å². The van der Waals surface area contributed by atoms with Crippen LogP contribution in [0.15, 0.2) is 63.1 Å². The first kappa shape index (κ1) is 16.5. The maximum absolute atomic E-state index is 10.8.